The lowest BCUT2D eigenvalue weighted by Gasteiger charge is -2.18. The lowest BCUT2D eigenvalue weighted by Crippen LogP contribution is -2.30. The van der Waals surface area contributed by atoms with Crippen molar-refractivity contribution in [3.8, 4) is 0 Å². The van der Waals surface area contributed by atoms with Gasteiger partial charge in [-0.1, -0.05) is 13.8 Å². The highest BCUT2D eigenvalue weighted by Gasteiger charge is 2.10. The molecule has 0 bridgehead atoms. The van der Waals surface area contributed by atoms with E-state index >= 15 is 0 Å². The summed E-state index contributed by atoms with van der Waals surface area (Å²) in [5, 5.41) is 0. The first-order valence-corrected chi connectivity index (χ1v) is 4.48. The summed E-state index contributed by atoms with van der Waals surface area (Å²) in [6.45, 7) is 3.95. The van der Waals surface area contributed by atoms with Crippen molar-refractivity contribution in [3.05, 3.63) is 0 Å². The first kappa shape index (κ1) is 11.4. The summed E-state index contributed by atoms with van der Waals surface area (Å²) < 4.78 is 25.5. The Morgan fingerprint density at radius 1 is 1.67 bits per heavy atom. The Hall–Kier alpha value is -0.620. The molecule has 0 aliphatic heterocycles. The Balaban J connectivity index is 3.80. The van der Waals surface area contributed by atoms with Gasteiger partial charge in [0.25, 0.3) is 0 Å². The van der Waals surface area contributed by atoms with Crippen LogP contribution >= 0.6 is 0 Å². The van der Waals surface area contributed by atoms with Gasteiger partial charge in [-0.2, -0.15) is 0 Å². The van der Waals surface area contributed by atoms with E-state index in [2.05, 4.69) is 4.74 Å². The van der Waals surface area contributed by atoms with E-state index in [-0.39, 0.29) is 12.5 Å². The third-order valence-corrected chi connectivity index (χ3v) is 1.62. The fourth-order valence-corrected chi connectivity index (χ4v) is 0.564. The molecule has 0 saturated heterocycles. The molecule has 12 heavy (non-hydrogen) atoms. The van der Waals surface area contributed by atoms with Gasteiger partial charge in [-0.3, -0.25) is 4.21 Å². The summed E-state index contributed by atoms with van der Waals surface area (Å²) in [6.07, 6.45) is -0.850. The van der Waals surface area contributed by atoms with Crippen molar-refractivity contribution in [2.45, 2.75) is 13.8 Å². The van der Waals surface area contributed by atoms with Crippen molar-refractivity contribution < 1.29 is 18.3 Å². The average Bonchev–Trinajstić information content (AvgIpc) is 1.98. The zero-order valence-corrected chi connectivity index (χ0v) is 8.09. The Labute approximate surface area is 74.1 Å². The monoisotopic (exact) mass is 194 g/mol. The summed E-state index contributed by atoms with van der Waals surface area (Å²) in [7, 11) is 1.13. The maximum atomic E-state index is 10.8. The Kier molecular flexibility index (Phi) is 4.84. The van der Waals surface area contributed by atoms with Crippen LogP contribution in [0.1, 0.15) is 13.8 Å². The van der Waals surface area contributed by atoms with Gasteiger partial charge >= 0.3 is 6.09 Å². The number of amides is 1. The highest BCUT2D eigenvalue weighted by atomic mass is 32.2. The predicted molar refractivity (Wildman–Crippen MR) is 42.9 cm³/mol. The molecule has 1 amide bonds. The number of ether oxygens (including phenoxy) is 1. The maximum Gasteiger partial charge on any atom is 0.420 e. The molecule has 0 saturated carbocycles. The number of carbonyl (C=O) groups excluding carboxylic acids is 1. The third-order valence-electron chi connectivity index (χ3n) is 1.02. The molecule has 0 aliphatic rings. The third kappa shape index (κ3) is 4.30. The molecule has 0 aromatic heterocycles. The van der Waals surface area contributed by atoms with E-state index in [4.69, 9.17) is 0 Å². The van der Waals surface area contributed by atoms with Crippen LogP contribution in [0.15, 0.2) is 0 Å². The molecule has 0 aromatic rings. The van der Waals surface area contributed by atoms with E-state index in [0.717, 1.165) is 7.05 Å². The van der Waals surface area contributed by atoms with Gasteiger partial charge in [0.2, 0.25) is 0 Å². The fraction of sp³-hybridized carbons (Fsp3) is 0.833. The Morgan fingerprint density at radius 2 is 2.17 bits per heavy atom. The minimum absolute atomic E-state index is 0.197. The Bertz CT molecular complexity index is 182. The number of hydrogen-bond donors (Lipinski definition) is 0. The highest BCUT2D eigenvalue weighted by Crippen LogP contribution is 1.97. The van der Waals surface area contributed by atoms with Crippen LogP contribution in [0.4, 0.5) is 4.79 Å². The molecule has 0 aliphatic carbocycles. The van der Waals surface area contributed by atoms with Crippen LogP contribution in [-0.4, -0.2) is 32.8 Å². The van der Waals surface area contributed by atoms with Gasteiger partial charge in [0.15, 0.2) is 0 Å². The molecule has 0 rings (SSSR count). The second kappa shape index (κ2) is 5.10. The van der Waals surface area contributed by atoms with Crippen LogP contribution < -0.4 is 0 Å². The number of hydrogen-bond acceptors (Lipinski definition) is 4. The normalized spacial score (nSPS) is 12.8. The van der Waals surface area contributed by atoms with E-state index in [1.165, 1.54) is 0 Å². The molecule has 1 atom stereocenters. The van der Waals surface area contributed by atoms with Crippen molar-refractivity contribution in [1.82, 2.24) is 4.31 Å². The summed E-state index contributed by atoms with van der Waals surface area (Å²) in [5.41, 5.74) is 0. The first-order valence-electron chi connectivity index (χ1n) is 3.45. The molecular formula is C6H12NO4S-. The van der Waals surface area contributed by atoms with Crippen molar-refractivity contribution in [1.29, 1.82) is 0 Å². The van der Waals surface area contributed by atoms with Gasteiger partial charge in [0, 0.05) is 7.05 Å². The number of carbonyl (C=O) groups is 1. The van der Waals surface area contributed by atoms with E-state index in [9.17, 15) is 13.6 Å². The quantitative estimate of drug-likeness (QED) is 0.613. The molecular weight excluding hydrogens is 182 g/mol. The standard InChI is InChI=1S/C6H13NO4S/c1-5(2)4-11-6(8)7(3)12(9)10/h5H,4H2,1-3H3,(H,9,10)/p-1. The minimum Gasteiger partial charge on any atom is -0.755 e. The summed E-state index contributed by atoms with van der Waals surface area (Å²) in [6, 6.07) is 0. The van der Waals surface area contributed by atoms with Gasteiger partial charge < -0.3 is 9.29 Å². The van der Waals surface area contributed by atoms with Gasteiger partial charge in [-0.25, -0.2) is 9.10 Å². The van der Waals surface area contributed by atoms with Gasteiger partial charge in [-0.05, 0) is 5.92 Å². The van der Waals surface area contributed by atoms with Crippen LogP contribution in [-0.2, 0) is 16.0 Å². The van der Waals surface area contributed by atoms with Crippen molar-refractivity contribution in [2.75, 3.05) is 13.7 Å². The van der Waals surface area contributed by atoms with Gasteiger partial charge in [0.05, 0.1) is 17.9 Å². The van der Waals surface area contributed by atoms with E-state index in [0.29, 0.717) is 4.31 Å². The van der Waals surface area contributed by atoms with Crippen molar-refractivity contribution in [3.63, 3.8) is 0 Å². The van der Waals surface area contributed by atoms with Crippen LogP contribution in [0.2, 0.25) is 0 Å². The maximum absolute atomic E-state index is 10.8. The van der Waals surface area contributed by atoms with Crippen LogP contribution in [0, 0.1) is 5.92 Å². The first-order chi connectivity index (χ1) is 5.45. The largest absolute Gasteiger partial charge is 0.755 e. The zero-order chi connectivity index (χ0) is 9.72. The molecule has 0 fully saturated rings. The minimum atomic E-state index is -2.55. The predicted octanol–water partition coefficient (Wildman–Crippen LogP) is 0.505. The van der Waals surface area contributed by atoms with E-state index < -0.39 is 17.4 Å². The SMILES string of the molecule is CC(C)COC(=O)N(C)S(=O)[O-]. The van der Waals surface area contributed by atoms with Crippen molar-refractivity contribution in [2.24, 2.45) is 5.92 Å². The highest BCUT2D eigenvalue weighted by molar-refractivity contribution is 7.77. The zero-order valence-electron chi connectivity index (χ0n) is 7.27. The molecule has 6 heteroatoms. The molecule has 0 N–H and O–H groups in total. The molecule has 1 unspecified atom stereocenters. The molecule has 0 heterocycles. The molecule has 0 spiro atoms. The molecule has 0 aromatic carbocycles. The summed E-state index contributed by atoms with van der Waals surface area (Å²) >= 11 is -2.55. The van der Waals surface area contributed by atoms with Crippen molar-refractivity contribution >= 4 is 17.4 Å². The lowest BCUT2D eigenvalue weighted by atomic mass is 10.2. The molecule has 72 valence electrons. The van der Waals surface area contributed by atoms with E-state index in [1.807, 2.05) is 13.8 Å². The second-order valence-corrected chi connectivity index (χ2v) is 3.67. The van der Waals surface area contributed by atoms with Crippen LogP contribution in [0.3, 0.4) is 0 Å². The molecule has 5 nitrogen and oxygen atoms in total. The topological polar surface area (TPSA) is 69.7 Å². The fourth-order valence-electron chi connectivity index (χ4n) is 0.390. The van der Waals surface area contributed by atoms with Crippen LogP contribution in [0.5, 0.6) is 0 Å². The summed E-state index contributed by atoms with van der Waals surface area (Å²) in [5.74, 6) is 0.197. The van der Waals surface area contributed by atoms with Crippen LogP contribution in [0.25, 0.3) is 0 Å². The average molecular weight is 194 g/mol. The Morgan fingerprint density at radius 3 is 2.50 bits per heavy atom. The van der Waals surface area contributed by atoms with E-state index in [1.54, 1.807) is 0 Å². The second-order valence-electron chi connectivity index (χ2n) is 2.69. The smallest absolute Gasteiger partial charge is 0.420 e. The summed E-state index contributed by atoms with van der Waals surface area (Å²) in [4.78, 5) is 10.8. The van der Waals surface area contributed by atoms with Gasteiger partial charge in [0.1, 0.15) is 0 Å². The van der Waals surface area contributed by atoms with Gasteiger partial charge in [-0.15, -0.1) is 0 Å². The molecule has 0 radical (unpaired) electrons. The number of rotatable bonds is 3. The lowest BCUT2D eigenvalue weighted by molar-refractivity contribution is 0.118. The number of nitrogens with zero attached hydrogens (tertiary/aromatic N) is 1.